The van der Waals surface area contributed by atoms with Gasteiger partial charge < -0.3 is 9.73 Å². The van der Waals surface area contributed by atoms with Gasteiger partial charge in [-0.15, -0.1) is 0 Å². The summed E-state index contributed by atoms with van der Waals surface area (Å²) in [6.45, 7) is 5.77. The van der Waals surface area contributed by atoms with E-state index in [1.807, 2.05) is 6.07 Å². The summed E-state index contributed by atoms with van der Waals surface area (Å²) < 4.78 is 5.63. The first-order valence-corrected chi connectivity index (χ1v) is 7.35. The van der Waals surface area contributed by atoms with Crippen molar-refractivity contribution >= 4 is 0 Å². The second kappa shape index (κ2) is 5.45. The average molecular weight is 248 g/mol. The molecule has 100 valence electrons. The highest BCUT2D eigenvalue weighted by atomic mass is 16.3. The van der Waals surface area contributed by atoms with Gasteiger partial charge in [0.15, 0.2) is 0 Å². The molecule has 0 aromatic carbocycles. The van der Waals surface area contributed by atoms with Crippen LogP contribution in [0.25, 0.3) is 0 Å². The van der Waals surface area contributed by atoms with Gasteiger partial charge in [0.05, 0.1) is 12.3 Å². The van der Waals surface area contributed by atoms with Gasteiger partial charge >= 0.3 is 0 Å². The van der Waals surface area contributed by atoms with Crippen molar-refractivity contribution in [2.75, 3.05) is 19.6 Å². The lowest BCUT2D eigenvalue weighted by atomic mass is 10.1. The van der Waals surface area contributed by atoms with Gasteiger partial charge in [0.2, 0.25) is 0 Å². The minimum Gasteiger partial charge on any atom is -0.468 e. The fourth-order valence-corrected chi connectivity index (χ4v) is 3.00. The zero-order valence-electron chi connectivity index (χ0n) is 11.3. The smallest absolute Gasteiger partial charge is 0.122 e. The Morgan fingerprint density at radius 2 is 2.17 bits per heavy atom. The van der Waals surface area contributed by atoms with Gasteiger partial charge in [-0.25, -0.2) is 0 Å². The molecule has 3 heteroatoms. The van der Waals surface area contributed by atoms with E-state index >= 15 is 0 Å². The Balaban J connectivity index is 1.61. The molecule has 2 aliphatic rings. The van der Waals surface area contributed by atoms with Crippen molar-refractivity contribution in [2.24, 2.45) is 5.92 Å². The third-order valence-electron chi connectivity index (χ3n) is 4.42. The minimum atomic E-state index is 0.420. The van der Waals surface area contributed by atoms with Crippen LogP contribution in [0.4, 0.5) is 0 Å². The van der Waals surface area contributed by atoms with Crippen LogP contribution in [0.1, 0.15) is 44.4 Å². The van der Waals surface area contributed by atoms with Crippen LogP contribution in [0.15, 0.2) is 22.8 Å². The molecule has 2 heterocycles. The van der Waals surface area contributed by atoms with Gasteiger partial charge in [-0.05, 0) is 63.7 Å². The summed E-state index contributed by atoms with van der Waals surface area (Å²) in [5.74, 6) is 2.04. The highest BCUT2D eigenvalue weighted by molar-refractivity contribution is 5.06. The first-order valence-electron chi connectivity index (χ1n) is 7.35. The van der Waals surface area contributed by atoms with E-state index in [9.17, 15) is 0 Å². The highest BCUT2D eigenvalue weighted by Crippen LogP contribution is 2.33. The van der Waals surface area contributed by atoms with Crippen LogP contribution in [-0.2, 0) is 0 Å². The largest absolute Gasteiger partial charge is 0.468 e. The number of likely N-dealkylation sites (tertiary alicyclic amines) is 1. The Labute approximate surface area is 110 Å². The van der Waals surface area contributed by atoms with Gasteiger partial charge in [-0.1, -0.05) is 0 Å². The number of hydrogen-bond donors (Lipinski definition) is 1. The van der Waals surface area contributed by atoms with Crippen molar-refractivity contribution in [2.45, 2.75) is 44.7 Å². The summed E-state index contributed by atoms with van der Waals surface area (Å²) in [5, 5.41) is 3.71. The molecule has 2 atom stereocenters. The Morgan fingerprint density at radius 1 is 1.39 bits per heavy atom. The predicted molar refractivity (Wildman–Crippen MR) is 72.4 cm³/mol. The van der Waals surface area contributed by atoms with Crippen LogP contribution < -0.4 is 5.32 Å². The summed E-state index contributed by atoms with van der Waals surface area (Å²) >= 11 is 0. The molecule has 3 rings (SSSR count). The molecule has 1 aliphatic heterocycles. The quantitative estimate of drug-likeness (QED) is 0.839. The molecule has 2 unspecified atom stereocenters. The van der Waals surface area contributed by atoms with Crippen LogP contribution in [-0.4, -0.2) is 30.6 Å². The summed E-state index contributed by atoms with van der Waals surface area (Å²) in [6.07, 6.45) is 7.26. The van der Waals surface area contributed by atoms with Crippen LogP contribution in [0.3, 0.4) is 0 Å². The lowest BCUT2D eigenvalue weighted by Gasteiger charge is -2.27. The number of furan rings is 1. The fraction of sp³-hybridized carbons (Fsp3) is 0.733. The van der Waals surface area contributed by atoms with Gasteiger partial charge in [0.1, 0.15) is 5.76 Å². The monoisotopic (exact) mass is 248 g/mol. The topological polar surface area (TPSA) is 28.4 Å². The molecule has 18 heavy (non-hydrogen) atoms. The van der Waals surface area contributed by atoms with E-state index in [4.69, 9.17) is 4.42 Å². The van der Waals surface area contributed by atoms with Crippen LogP contribution in [0, 0.1) is 5.92 Å². The molecule has 0 bridgehead atoms. The van der Waals surface area contributed by atoms with Gasteiger partial charge in [-0.2, -0.15) is 0 Å². The second-order valence-corrected chi connectivity index (χ2v) is 5.81. The molecule has 1 saturated carbocycles. The van der Waals surface area contributed by atoms with E-state index in [-0.39, 0.29) is 0 Å². The molecule has 1 saturated heterocycles. The van der Waals surface area contributed by atoms with Gasteiger partial charge in [-0.3, -0.25) is 4.90 Å². The number of hydrogen-bond acceptors (Lipinski definition) is 3. The van der Waals surface area contributed by atoms with Crippen LogP contribution >= 0.6 is 0 Å². The first-order chi connectivity index (χ1) is 8.84. The molecule has 3 nitrogen and oxygen atoms in total. The number of nitrogens with one attached hydrogen (secondary N) is 1. The molecule has 1 N–H and O–H groups in total. The van der Waals surface area contributed by atoms with Gasteiger partial charge in [0.25, 0.3) is 0 Å². The number of nitrogens with zero attached hydrogens (tertiary/aromatic N) is 1. The molecule has 1 aliphatic carbocycles. The Morgan fingerprint density at radius 3 is 2.78 bits per heavy atom. The molecule has 1 aromatic heterocycles. The normalized spacial score (nSPS) is 24.3. The lowest BCUT2D eigenvalue weighted by Crippen LogP contribution is -2.38. The van der Waals surface area contributed by atoms with E-state index in [2.05, 4.69) is 23.2 Å². The zero-order chi connectivity index (χ0) is 12.4. The maximum absolute atomic E-state index is 5.63. The van der Waals surface area contributed by atoms with E-state index in [1.165, 1.54) is 38.8 Å². The standard InChI is InChI=1S/C15H24N2O/c1-12(13-6-7-13)16-11-14(15-5-4-10-18-15)17-8-2-3-9-17/h4-5,10,12-14,16H,2-3,6-9,11H2,1H3. The van der Waals surface area contributed by atoms with E-state index in [1.54, 1.807) is 6.26 Å². The fourth-order valence-electron chi connectivity index (χ4n) is 3.00. The number of rotatable bonds is 6. The molecular weight excluding hydrogens is 224 g/mol. The molecular formula is C15H24N2O. The SMILES string of the molecule is CC(NCC(c1ccco1)N1CCCC1)C1CC1. The maximum Gasteiger partial charge on any atom is 0.122 e. The first kappa shape index (κ1) is 12.2. The molecule has 0 radical (unpaired) electrons. The third-order valence-corrected chi connectivity index (χ3v) is 4.42. The zero-order valence-corrected chi connectivity index (χ0v) is 11.3. The van der Waals surface area contributed by atoms with Crippen molar-refractivity contribution in [3.8, 4) is 0 Å². The van der Waals surface area contributed by atoms with Crippen molar-refractivity contribution in [3.05, 3.63) is 24.2 Å². The van der Waals surface area contributed by atoms with E-state index in [0.717, 1.165) is 18.2 Å². The Kier molecular flexibility index (Phi) is 3.71. The van der Waals surface area contributed by atoms with Crippen LogP contribution in [0.5, 0.6) is 0 Å². The van der Waals surface area contributed by atoms with Crippen molar-refractivity contribution in [1.29, 1.82) is 0 Å². The maximum atomic E-state index is 5.63. The Hall–Kier alpha value is -0.800. The van der Waals surface area contributed by atoms with Gasteiger partial charge in [0, 0.05) is 12.6 Å². The summed E-state index contributed by atoms with van der Waals surface area (Å²) in [7, 11) is 0. The second-order valence-electron chi connectivity index (χ2n) is 5.81. The summed E-state index contributed by atoms with van der Waals surface area (Å²) in [6, 6.07) is 5.20. The molecule has 0 amide bonds. The van der Waals surface area contributed by atoms with Crippen molar-refractivity contribution in [1.82, 2.24) is 10.2 Å². The molecule has 1 aromatic rings. The predicted octanol–water partition coefficient (Wildman–Crippen LogP) is 2.80. The van der Waals surface area contributed by atoms with Crippen LogP contribution in [0.2, 0.25) is 0 Å². The van der Waals surface area contributed by atoms with Crippen molar-refractivity contribution < 1.29 is 4.42 Å². The third kappa shape index (κ3) is 2.78. The summed E-state index contributed by atoms with van der Waals surface area (Å²) in [4.78, 5) is 2.56. The Bertz CT molecular complexity index is 353. The average Bonchev–Trinajstić information content (AvgIpc) is 2.89. The molecule has 0 spiro atoms. The van der Waals surface area contributed by atoms with E-state index in [0.29, 0.717) is 12.1 Å². The van der Waals surface area contributed by atoms with Crippen molar-refractivity contribution in [3.63, 3.8) is 0 Å². The highest BCUT2D eigenvalue weighted by Gasteiger charge is 2.30. The summed E-state index contributed by atoms with van der Waals surface area (Å²) in [5.41, 5.74) is 0. The minimum absolute atomic E-state index is 0.420. The molecule has 2 fully saturated rings. The lowest BCUT2D eigenvalue weighted by molar-refractivity contribution is 0.204. The van der Waals surface area contributed by atoms with E-state index < -0.39 is 0 Å².